The van der Waals surface area contributed by atoms with Crippen LogP contribution in [0.4, 0.5) is 0 Å². The summed E-state index contributed by atoms with van der Waals surface area (Å²) >= 11 is 0. The van der Waals surface area contributed by atoms with Crippen molar-refractivity contribution in [1.29, 1.82) is 0 Å². The molecule has 1 aromatic carbocycles. The van der Waals surface area contributed by atoms with Gasteiger partial charge < -0.3 is 24.1 Å². The van der Waals surface area contributed by atoms with E-state index in [0.29, 0.717) is 5.56 Å². The van der Waals surface area contributed by atoms with Crippen LogP contribution >= 0.6 is 0 Å². The molecule has 0 saturated heterocycles. The van der Waals surface area contributed by atoms with Crippen LogP contribution in [0.5, 0.6) is 11.5 Å². The van der Waals surface area contributed by atoms with Crippen LogP contribution in [0.3, 0.4) is 0 Å². The molecule has 1 aliphatic carbocycles. The Labute approximate surface area is 198 Å². The standard InChI is InChI=1S/C25H32O9/c1-12(2)17-9-18-19(21(33-15(5)28)20(17)32-14(4)27)24(8)11-16(31-13(3)26)10-23(6,7)25(24,30)34-22(18)29/h9,12,16,30H,10-11H2,1-8H3/t16-,24+,25-/m0/s1. The van der Waals surface area contributed by atoms with Gasteiger partial charge in [-0.25, -0.2) is 4.79 Å². The molecule has 0 aromatic heterocycles. The fourth-order valence-corrected chi connectivity index (χ4v) is 5.44. The van der Waals surface area contributed by atoms with Crippen molar-refractivity contribution in [2.75, 3.05) is 0 Å². The molecule has 0 unspecified atom stereocenters. The van der Waals surface area contributed by atoms with Crippen LogP contribution in [0.15, 0.2) is 6.07 Å². The minimum atomic E-state index is -2.04. The van der Waals surface area contributed by atoms with E-state index in [0.717, 1.165) is 0 Å². The molecule has 1 aromatic rings. The smallest absolute Gasteiger partial charge is 0.341 e. The minimum Gasteiger partial charge on any atom is -0.463 e. The van der Waals surface area contributed by atoms with E-state index in [9.17, 15) is 24.3 Å². The highest BCUT2D eigenvalue weighted by Crippen LogP contribution is 2.62. The molecule has 1 saturated carbocycles. The molecule has 34 heavy (non-hydrogen) atoms. The van der Waals surface area contributed by atoms with E-state index in [1.165, 1.54) is 20.8 Å². The third-order valence-electron chi connectivity index (χ3n) is 6.76. The molecule has 1 heterocycles. The maximum atomic E-state index is 13.3. The molecule has 0 amide bonds. The maximum Gasteiger partial charge on any atom is 0.341 e. The number of carbonyl (C=O) groups excluding carboxylic acids is 4. The predicted molar refractivity (Wildman–Crippen MR) is 119 cm³/mol. The van der Waals surface area contributed by atoms with Crippen molar-refractivity contribution >= 4 is 23.9 Å². The van der Waals surface area contributed by atoms with Gasteiger partial charge in [0.15, 0.2) is 11.5 Å². The fraction of sp³-hybridized carbons (Fsp3) is 0.600. The highest BCUT2D eigenvalue weighted by atomic mass is 16.7. The van der Waals surface area contributed by atoms with Gasteiger partial charge in [0.1, 0.15) is 6.10 Å². The lowest BCUT2D eigenvalue weighted by atomic mass is 9.54. The van der Waals surface area contributed by atoms with Crippen LogP contribution in [-0.4, -0.2) is 40.9 Å². The summed E-state index contributed by atoms with van der Waals surface area (Å²) in [5.41, 5.74) is -1.72. The Morgan fingerprint density at radius 2 is 1.56 bits per heavy atom. The highest BCUT2D eigenvalue weighted by Gasteiger charge is 2.68. The summed E-state index contributed by atoms with van der Waals surface area (Å²) in [4.78, 5) is 49.2. The first-order chi connectivity index (χ1) is 15.5. The zero-order valence-corrected chi connectivity index (χ0v) is 20.9. The Balaban J connectivity index is 2.43. The maximum absolute atomic E-state index is 13.3. The van der Waals surface area contributed by atoms with Gasteiger partial charge in [0, 0.05) is 43.7 Å². The van der Waals surface area contributed by atoms with Gasteiger partial charge in [0.05, 0.1) is 11.0 Å². The average molecular weight is 477 g/mol. The molecule has 0 spiro atoms. The summed E-state index contributed by atoms with van der Waals surface area (Å²) in [5, 5.41) is 11.9. The molecule has 9 nitrogen and oxygen atoms in total. The molecule has 1 N–H and O–H groups in total. The lowest BCUT2D eigenvalue weighted by Gasteiger charge is -2.59. The third-order valence-corrected chi connectivity index (χ3v) is 6.76. The van der Waals surface area contributed by atoms with Gasteiger partial charge in [-0.2, -0.15) is 0 Å². The number of rotatable bonds is 4. The van der Waals surface area contributed by atoms with Crippen LogP contribution in [0.2, 0.25) is 0 Å². The van der Waals surface area contributed by atoms with Crippen LogP contribution in [0.25, 0.3) is 0 Å². The molecular weight excluding hydrogens is 444 g/mol. The molecule has 0 radical (unpaired) electrons. The van der Waals surface area contributed by atoms with Crippen LogP contribution in [-0.2, 0) is 29.3 Å². The largest absolute Gasteiger partial charge is 0.463 e. The first kappa shape index (κ1) is 25.7. The zero-order chi connectivity index (χ0) is 25.8. The van der Waals surface area contributed by atoms with Gasteiger partial charge >= 0.3 is 23.9 Å². The molecule has 2 aliphatic rings. The lowest BCUT2D eigenvalue weighted by molar-refractivity contribution is -0.304. The third kappa shape index (κ3) is 3.96. The van der Waals surface area contributed by atoms with Crippen LogP contribution in [0.1, 0.15) is 95.6 Å². The fourth-order valence-electron chi connectivity index (χ4n) is 5.44. The van der Waals surface area contributed by atoms with Gasteiger partial charge in [-0.1, -0.05) is 27.7 Å². The average Bonchev–Trinajstić information content (AvgIpc) is 2.64. The van der Waals surface area contributed by atoms with Crippen LogP contribution in [0, 0.1) is 5.41 Å². The molecular formula is C25H32O9. The van der Waals surface area contributed by atoms with Crippen molar-refractivity contribution in [3.63, 3.8) is 0 Å². The Morgan fingerprint density at radius 3 is 2.06 bits per heavy atom. The summed E-state index contributed by atoms with van der Waals surface area (Å²) in [6.07, 6.45) is -0.318. The number of carbonyl (C=O) groups is 4. The second-order valence-corrected chi connectivity index (χ2v) is 10.3. The molecule has 9 heteroatoms. The Hall–Kier alpha value is -2.94. The Kier molecular flexibility index (Phi) is 6.32. The van der Waals surface area contributed by atoms with Gasteiger partial charge in [-0.3, -0.25) is 14.4 Å². The van der Waals surface area contributed by atoms with E-state index in [1.807, 2.05) is 13.8 Å². The summed E-state index contributed by atoms with van der Waals surface area (Å²) < 4.78 is 22.3. The van der Waals surface area contributed by atoms with E-state index in [1.54, 1.807) is 26.8 Å². The van der Waals surface area contributed by atoms with Gasteiger partial charge in [0.25, 0.3) is 0 Å². The van der Waals surface area contributed by atoms with E-state index < -0.39 is 46.6 Å². The monoisotopic (exact) mass is 476 g/mol. The quantitative estimate of drug-likeness (QED) is 0.513. The van der Waals surface area contributed by atoms with Gasteiger partial charge in [-0.15, -0.1) is 0 Å². The van der Waals surface area contributed by atoms with Gasteiger partial charge in [0.2, 0.25) is 5.79 Å². The van der Waals surface area contributed by atoms with Crippen molar-refractivity contribution in [3.05, 3.63) is 22.8 Å². The topological polar surface area (TPSA) is 125 Å². The number of hydrogen-bond acceptors (Lipinski definition) is 9. The van der Waals surface area contributed by atoms with E-state index in [4.69, 9.17) is 18.9 Å². The second-order valence-electron chi connectivity index (χ2n) is 10.3. The number of esters is 4. The molecule has 1 fully saturated rings. The van der Waals surface area contributed by atoms with Crippen molar-refractivity contribution < 1.29 is 43.2 Å². The van der Waals surface area contributed by atoms with E-state index in [2.05, 4.69) is 0 Å². The predicted octanol–water partition coefficient (Wildman–Crippen LogP) is 3.53. The van der Waals surface area contributed by atoms with Crippen LogP contribution < -0.4 is 9.47 Å². The van der Waals surface area contributed by atoms with E-state index in [-0.39, 0.29) is 41.4 Å². The Bertz CT molecular complexity index is 1070. The second kappa shape index (κ2) is 8.37. The summed E-state index contributed by atoms with van der Waals surface area (Å²) in [6, 6.07) is 1.54. The lowest BCUT2D eigenvalue weighted by Crippen LogP contribution is -2.68. The number of ether oxygens (including phenoxy) is 4. The van der Waals surface area contributed by atoms with Crippen molar-refractivity contribution in [3.8, 4) is 11.5 Å². The summed E-state index contributed by atoms with van der Waals surface area (Å²) in [5.74, 6) is -5.00. The number of benzene rings is 1. The minimum absolute atomic E-state index is 0.00198. The summed E-state index contributed by atoms with van der Waals surface area (Å²) in [7, 11) is 0. The molecule has 1 aliphatic heterocycles. The number of aliphatic hydroxyl groups is 1. The van der Waals surface area contributed by atoms with Crippen molar-refractivity contribution in [2.45, 2.75) is 91.5 Å². The number of fused-ring (bicyclic) bond motifs is 3. The highest BCUT2D eigenvalue weighted by molar-refractivity contribution is 5.96. The normalized spacial score (nSPS) is 27.2. The molecule has 3 atom stereocenters. The SMILES string of the molecule is CC(=O)Oc1c(C(C)C)cc2c(c1OC(C)=O)[C@@]1(C)C[C@@H](OC(C)=O)CC(C)(C)[C@]1(O)OC2=O. The summed E-state index contributed by atoms with van der Waals surface area (Å²) in [6.45, 7) is 12.4. The molecule has 3 rings (SSSR count). The Morgan fingerprint density at radius 1 is 1.00 bits per heavy atom. The van der Waals surface area contributed by atoms with Crippen molar-refractivity contribution in [2.24, 2.45) is 5.41 Å². The molecule has 186 valence electrons. The first-order valence-corrected chi connectivity index (χ1v) is 11.2. The zero-order valence-electron chi connectivity index (χ0n) is 20.9. The molecule has 0 bridgehead atoms. The van der Waals surface area contributed by atoms with Crippen molar-refractivity contribution in [1.82, 2.24) is 0 Å². The van der Waals surface area contributed by atoms with E-state index >= 15 is 0 Å². The first-order valence-electron chi connectivity index (χ1n) is 11.2. The van der Waals surface area contributed by atoms with Gasteiger partial charge in [-0.05, 0) is 25.3 Å². The number of hydrogen-bond donors (Lipinski definition) is 1.